The van der Waals surface area contributed by atoms with Gasteiger partial charge < -0.3 is 19.5 Å². The molecule has 1 aromatic rings. The third kappa shape index (κ3) is 4.51. The fourth-order valence-corrected chi connectivity index (χ4v) is 3.96. The van der Waals surface area contributed by atoms with Crippen molar-refractivity contribution in [3.05, 3.63) is 23.8 Å². The lowest BCUT2D eigenvalue weighted by atomic mass is 10.1. The Balaban J connectivity index is 2.33. The molecule has 0 radical (unpaired) electrons. The van der Waals surface area contributed by atoms with Crippen molar-refractivity contribution in [1.82, 2.24) is 9.21 Å². The summed E-state index contributed by atoms with van der Waals surface area (Å²) in [5.74, 6) is -1.32. The molecule has 1 fully saturated rings. The number of benzene rings is 1. The summed E-state index contributed by atoms with van der Waals surface area (Å²) in [5.41, 5.74) is 0.0646. The van der Waals surface area contributed by atoms with Gasteiger partial charge in [-0.05, 0) is 18.2 Å². The maximum absolute atomic E-state index is 12.8. The first-order valence-electron chi connectivity index (χ1n) is 8.00. The molecule has 9 nitrogen and oxygen atoms in total. The number of hydrogen-bond acceptors (Lipinski definition) is 6. The summed E-state index contributed by atoms with van der Waals surface area (Å²) in [6.45, 7) is 1.13. The zero-order valence-electron chi connectivity index (χ0n) is 14.7. The molecule has 1 aromatic carbocycles. The largest absolute Gasteiger partial charge is 0.496 e. The summed E-state index contributed by atoms with van der Waals surface area (Å²) in [4.78, 5) is 24.5. The van der Waals surface area contributed by atoms with Crippen LogP contribution in [0.25, 0.3) is 0 Å². The Hall–Kier alpha value is -2.17. The van der Waals surface area contributed by atoms with Crippen LogP contribution in [0.15, 0.2) is 23.1 Å². The lowest BCUT2D eigenvalue weighted by Gasteiger charge is -2.26. The fraction of sp³-hybridized carbons (Fsp3) is 0.500. The van der Waals surface area contributed by atoms with Crippen molar-refractivity contribution in [1.29, 1.82) is 0 Å². The number of hydrogen-bond donors (Lipinski definition) is 1. The van der Waals surface area contributed by atoms with E-state index in [0.717, 1.165) is 0 Å². The van der Waals surface area contributed by atoms with Gasteiger partial charge in [-0.1, -0.05) is 0 Å². The monoisotopic (exact) mass is 386 g/mol. The van der Waals surface area contributed by atoms with E-state index in [1.807, 2.05) is 0 Å². The van der Waals surface area contributed by atoms with Crippen molar-refractivity contribution in [3.63, 3.8) is 0 Å². The van der Waals surface area contributed by atoms with E-state index in [9.17, 15) is 18.0 Å². The van der Waals surface area contributed by atoms with Gasteiger partial charge in [-0.25, -0.2) is 8.42 Å². The molecule has 0 spiro atoms. The molecule has 0 aliphatic carbocycles. The van der Waals surface area contributed by atoms with Crippen LogP contribution in [-0.4, -0.2) is 81.6 Å². The van der Waals surface area contributed by atoms with Crippen LogP contribution >= 0.6 is 0 Å². The number of ether oxygens (including phenoxy) is 2. The number of aliphatic carboxylic acids is 1. The van der Waals surface area contributed by atoms with E-state index in [0.29, 0.717) is 13.2 Å². The normalized spacial score (nSPS) is 15.5. The number of sulfonamides is 1. The minimum absolute atomic E-state index is 0.00222. The van der Waals surface area contributed by atoms with E-state index in [1.54, 1.807) is 0 Å². The second-order valence-corrected chi connectivity index (χ2v) is 7.69. The first-order chi connectivity index (χ1) is 12.3. The Kier molecular flexibility index (Phi) is 6.57. The maximum atomic E-state index is 12.8. The molecular formula is C16H22N2O7S. The van der Waals surface area contributed by atoms with Crippen LogP contribution in [0.5, 0.6) is 5.75 Å². The molecule has 1 aliphatic rings. The Labute approximate surface area is 152 Å². The molecule has 1 amide bonds. The molecule has 0 saturated carbocycles. The van der Waals surface area contributed by atoms with Gasteiger partial charge in [-0.3, -0.25) is 9.59 Å². The molecule has 1 N–H and O–H groups in total. The molecule has 0 unspecified atom stereocenters. The number of nitrogens with zero attached hydrogens (tertiary/aromatic N) is 2. The highest BCUT2D eigenvalue weighted by Gasteiger charge is 2.28. The van der Waals surface area contributed by atoms with Crippen LogP contribution in [0.1, 0.15) is 16.8 Å². The zero-order valence-corrected chi connectivity index (χ0v) is 15.5. The summed E-state index contributed by atoms with van der Waals surface area (Å²) >= 11 is 0. The van der Waals surface area contributed by atoms with Crippen LogP contribution < -0.4 is 4.74 Å². The highest BCUT2D eigenvalue weighted by Crippen LogP contribution is 2.26. The van der Waals surface area contributed by atoms with E-state index < -0.39 is 21.9 Å². The Bertz CT molecular complexity index is 773. The lowest BCUT2D eigenvalue weighted by molar-refractivity contribution is -0.137. The summed E-state index contributed by atoms with van der Waals surface area (Å²) < 4.78 is 37.2. The molecule has 10 heteroatoms. The third-order valence-corrected chi connectivity index (χ3v) is 5.91. The molecule has 1 aliphatic heterocycles. The molecule has 144 valence electrons. The molecule has 0 aromatic heterocycles. The molecular weight excluding hydrogens is 364 g/mol. The summed E-state index contributed by atoms with van der Waals surface area (Å²) in [6, 6.07) is 4.08. The SMILES string of the molecule is COc1ccc(S(=O)(=O)N2CCOCC2)cc1C(=O)N(C)CCC(=O)O. The van der Waals surface area contributed by atoms with Gasteiger partial charge in [-0.2, -0.15) is 4.31 Å². The first kappa shape index (κ1) is 20.1. The third-order valence-electron chi connectivity index (χ3n) is 4.02. The van der Waals surface area contributed by atoms with Crippen molar-refractivity contribution >= 4 is 21.9 Å². The average molecular weight is 386 g/mol. The van der Waals surface area contributed by atoms with E-state index in [1.165, 1.54) is 41.6 Å². The topological polar surface area (TPSA) is 113 Å². The van der Waals surface area contributed by atoms with E-state index in [4.69, 9.17) is 14.6 Å². The van der Waals surface area contributed by atoms with Crippen molar-refractivity contribution < 1.29 is 32.6 Å². The van der Waals surface area contributed by atoms with Gasteiger partial charge in [0.2, 0.25) is 10.0 Å². The summed E-state index contributed by atoms with van der Waals surface area (Å²) in [6.07, 6.45) is -0.212. The summed E-state index contributed by atoms with van der Waals surface area (Å²) in [7, 11) is -0.935. The quantitative estimate of drug-likeness (QED) is 0.715. The predicted octanol–water partition coefficient (Wildman–Crippen LogP) is 0.263. The highest BCUT2D eigenvalue weighted by atomic mass is 32.2. The van der Waals surface area contributed by atoms with Crippen LogP contribution in [0, 0.1) is 0 Å². The number of carboxylic acids is 1. The van der Waals surface area contributed by atoms with Gasteiger partial charge in [-0.15, -0.1) is 0 Å². The minimum Gasteiger partial charge on any atom is -0.496 e. The minimum atomic E-state index is -3.76. The van der Waals surface area contributed by atoms with Gasteiger partial charge in [0.1, 0.15) is 5.75 Å². The smallest absolute Gasteiger partial charge is 0.305 e. The number of amides is 1. The summed E-state index contributed by atoms with van der Waals surface area (Å²) in [5, 5.41) is 8.75. The van der Waals surface area contributed by atoms with Crippen LogP contribution in [0.4, 0.5) is 0 Å². The number of carbonyl (C=O) groups excluding carboxylic acids is 1. The number of morpholine rings is 1. The van der Waals surface area contributed by atoms with Crippen molar-refractivity contribution in [2.45, 2.75) is 11.3 Å². The first-order valence-corrected chi connectivity index (χ1v) is 9.44. The standard InChI is InChI=1S/C16H22N2O7S/c1-17(6-5-15(19)20)16(21)13-11-12(3-4-14(13)24-2)26(22,23)18-7-9-25-10-8-18/h3-4,11H,5-10H2,1-2H3,(H,19,20). The van der Waals surface area contributed by atoms with Gasteiger partial charge in [0.15, 0.2) is 0 Å². The molecule has 1 saturated heterocycles. The second kappa shape index (κ2) is 8.47. The lowest BCUT2D eigenvalue weighted by Crippen LogP contribution is -2.40. The molecule has 26 heavy (non-hydrogen) atoms. The Morgan fingerprint density at radius 2 is 1.96 bits per heavy atom. The van der Waals surface area contributed by atoms with E-state index in [-0.39, 0.29) is 42.3 Å². The highest BCUT2D eigenvalue weighted by molar-refractivity contribution is 7.89. The molecule has 2 rings (SSSR count). The number of methoxy groups -OCH3 is 1. The maximum Gasteiger partial charge on any atom is 0.305 e. The van der Waals surface area contributed by atoms with E-state index >= 15 is 0 Å². The van der Waals surface area contributed by atoms with Crippen LogP contribution in [0.3, 0.4) is 0 Å². The van der Waals surface area contributed by atoms with Crippen LogP contribution in [-0.2, 0) is 19.6 Å². The second-order valence-electron chi connectivity index (χ2n) is 5.75. The average Bonchev–Trinajstić information content (AvgIpc) is 2.65. The van der Waals surface area contributed by atoms with Gasteiger partial charge >= 0.3 is 5.97 Å². The van der Waals surface area contributed by atoms with Gasteiger partial charge in [0, 0.05) is 26.7 Å². The van der Waals surface area contributed by atoms with Gasteiger partial charge in [0.05, 0.1) is 37.2 Å². The Morgan fingerprint density at radius 1 is 1.31 bits per heavy atom. The van der Waals surface area contributed by atoms with Crippen molar-refractivity contribution in [2.75, 3.05) is 47.0 Å². The number of rotatable bonds is 7. The Morgan fingerprint density at radius 3 is 2.54 bits per heavy atom. The molecule has 1 heterocycles. The fourth-order valence-electron chi connectivity index (χ4n) is 2.52. The predicted molar refractivity (Wildman–Crippen MR) is 91.8 cm³/mol. The molecule has 0 atom stereocenters. The van der Waals surface area contributed by atoms with Crippen LogP contribution in [0.2, 0.25) is 0 Å². The number of carboxylic acid groups (broad SMARTS) is 1. The van der Waals surface area contributed by atoms with Crippen molar-refractivity contribution in [2.24, 2.45) is 0 Å². The van der Waals surface area contributed by atoms with E-state index in [2.05, 4.69) is 0 Å². The number of carbonyl (C=O) groups is 2. The van der Waals surface area contributed by atoms with Gasteiger partial charge in [0.25, 0.3) is 5.91 Å². The van der Waals surface area contributed by atoms with Crippen molar-refractivity contribution in [3.8, 4) is 5.75 Å². The zero-order chi connectivity index (χ0) is 19.3. The molecule has 0 bridgehead atoms.